The summed E-state index contributed by atoms with van der Waals surface area (Å²) in [4.78, 5) is 4.17. The Morgan fingerprint density at radius 2 is 1.50 bits per heavy atom. The van der Waals surface area contributed by atoms with Crippen LogP contribution in [0.5, 0.6) is 0 Å². The number of hydrogen-bond acceptors (Lipinski definition) is 5. The maximum Gasteiger partial charge on any atom is 0.149 e. The summed E-state index contributed by atoms with van der Waals surface area (Å²) in [5.74, 6) is 0. The molecule has 4 N–H and O–H groups in total. The van der Waals surface area contributed by atoms with Crippen molar-refractivity contribution < 1.29 is 10.4 Å². The van der Waals surface area contributed by atoms with Gasteiger partial charge < -0.3 is 0 Å². The highest BCUT2D eigenvalue weighted by Gasteiger charge is 2.05. The number of hydroxylamine groups is 2. The molecule has 0 aliphatic rings. The van der Waals surface area contributed by atoms with Crippen molar-refractivity contribution in [1.82, 2.24) is 15.9 Å². The Morgan fingerprint density at radius 1 is 1.07 bits per heavy atom. The molecule has 0 aliphatic carbocycles. The molecule has 0 aromatic carbocycles. The lowest BCUT2D eigenvalue weighted by molar-refractivity contribution is 0.237. The van der Waals surface area contributed by atoms with Crippen molar-refractivity contribution in [3.05, 3.63) is 29.6 Å². The molecule has 0 saturated heterocycles. The van der Waals surface area contributed by atoms with Gasteiger partial charge in [0.15, 0.2) is 0 Å². The zero-order valence-corrected chi connectivity index (χ0v) is 8.52. The molecule has 5 nitrogen and oxygen atoms in total. The fourth-order valence-electron chi connectivity index (χ4n) is 0.802. The van der Waals surface area contributed by atoms with E-state index in [1.54, 1.807) is 18.2 Å². The van der Waals surface area contributed by atoms with Gasteiger partial charge in [-0.15, -0.1) is 0 Å². The quantitative estimate of drug-likeness (QED) is 0.431. The van der Waals surface area contributed by atoms with Crippen molar-refractivity contribution in [2.75, 3.05) is 0 Å². The molecule has 0 saturated carbocycles. The molecule has 0 radical (unpaired) electrons. The van der Waals surface area contributed by atoms with Gasteiger partial charge in [-0.3, -0.25) is 21.4 Å². The monoisotopic (exact) mass is 229 g/mol. The summed E-state index contributed by atoms with van der Waals surface area (Å²) >= 11 is 9.51. The van der Waals surface area contributed by atoms with Gasteiger partial charge in [0, 0.05) is 0 Å². The van der Waals surface area contributed by atoms with Crippen LogP contribution in [0.25, 0.3) is 0 Å². The molecular weight excluding hydrogens is 222 g/mol. The fourth-order valence-corrected chi connectivity index (χ4v) is 1.03. The van der Waals surface area contributed by atoms with Crippen molar-refractivity contribution >= 4 is 34.4 Å². The predicted octanol–water partition coefficient (Wildman–Crippen LogP) is 0.390. The van der Waals surface area contributed by atoms with Crippen LogP contribution in [0.3, 0.4) is 0 Å². The zero-order chi connectivity index (χ0) is 10.6. The van der Waals surface area contributed by atoms with E-state index in [0.717, 1.165) is 0 Å². The van der Waals surface area contributed by atoms with E-state index in [0.29, 0.717) is 11.4 Å². The minimum Gasteiger partial charge on any atom is -0.290 e. The van der Waals surface area contributed by atoms with E-state index in [4.69, 9.17) is 34.9 Å². The number of nitrogens with zero attached hydrogens (tertiary/aromatic N) is 1. The third kappa shape index (κ3) is 2.42. The van der Waals surface area contributed by atoms with Crippen LogP contribution in [-0.4, -0.2) is 25.4 Å². The van der Waals surface area contributed by atoms with Crippen molar-refractivity contribution in [2.24, 2.45) is 0 Å². The first-order chi connectivity index (χ1) is 6.69. The highest BCUT2D eigenvalue weighted by molar-refractivity contribution is 7.81. The van der Waals surface area contributed by atoms with Crippen LogP contribution in [0, 0.1) is 0 Å². The van der Waals surface area contributed by atoms with Crippen LogP contribution in [0.1, 0.15) is 11.4 Å². The third-order valence-corrected chi connectivity index (χ3v) is 2.02. The van der Waals surface area contributed by atoms with Crippen molar-refractivity contribution in [3.63, 3.8) is 0 Å². The average molecular weight is 229 g/mol. The van der Waals surface area contributed by atoms with E-state index in [9.17, 15) is 0 Å². The molecule has 0 atom stereocenters. The summed E-state index contributed by atoms with van der Waals surface area (Å²) in [6.07, 6.45) is 0. The molecule has 0 amide bonds. The topological polar surface area (TPSA) is 77.4 Å². The number of rotatable bonds is 2. The van der Waals surface area contributed by atoms with E-state index >= 15 is 0 Å². The molecule has 14 heavy (non-hydrogen) atoms. The molecular formula is C7H7N3O2S2. The van der Waals surface area contributed by atoms with Crippen LogP contribution in [0.2, 0.25) is 0 Å². The Morgan fingerprint density at radius 3 is 1.86 bits per heavy atom. The average Bonchev–Trinajstić information content (AvgIpc) is 2.27. The normalized spacial score (nSPS) is 9.29. The number of hydrogen-bond donors (Lipinski definition) is 4. The maximum atomic E-state index is 8.55. The van der Waals surface area contributed by atoms with Crippen LogP contribution in [-0.2, 0) is 0 Å². The summed E-state index contributed by atoms with van der Waals surface area (Å²) in [7, 11) is 0. The molecule has 1 aromatic rings. The lowest BCUT2D eigenvalue weighted by Crippen LogP contribution is -2.22. The third-order valence-electron chi connectivity index (χ3n) is 1.42. The fraction of sp³-hybridized carbons (Fsp3) is 0. The smallest absolute Gasteiger partial charge is 0.149 e. The molecule has 0 spiro atoms. The van der Waals surface area contributed by atoms with Gasteiger partial charge in [0.1, 0.15) is 21.4 Å². The van der Waals surface area contributed by atoms with Gasteiger partial charge in [-0.05, 0) is 12.1 Å². The number of thiocarbonyl (C=S) groups is 2. The number of pyridine rings is 1. The van der Waals surface area contributed by atoms with Gasteiger partial charge in [-0.1, -0.05) is 30.5 Å². The second kappa shape index (κ2) is 4.91. The first-order valence-corrected chi connectivity index (χ1v) is 4.36. The summed E-state index contributed by atoms with van der Waals surface area (Å²) in [6.45, 7) is 0. The largest absolute Gasteiger partial charge is 0.290 e. The minimum atomic E-state index is 0.0904. The highest BCUT2D eigenvalue weighted by Crippen LogP contribution is 2.00. The SMILES string of the molecule is ONC(=S)c1cccc(C(=S)NO)n1. The molecule has 0 unspecified atom stereocenters. The molecule has 0 fully saturated rings. The Labute approximate surface area is 90.7 Å². The standard InChI is InChI=1S/C7H7N3O2S2/c11-9-6(13)4-2-1-3-5(8-4)7(14)10-12/h1-3,11-12H,(H,9,13)(H,10,14). The molecule has 1 rings (SSSR count). The van der Waals surface area contributed by atoms with E-state index in [1.807, 2.05) is 11.0 Å². The Balaban J connectivity index is 3.01. The van der Waals surface area contributed by atoms with Crippen molar-refractivity contribution in [1.29, 1.82) is 0 Å². The van der Waals surface area contributed by atoms with E-state index in [1.165, 1.54) is 0 Å². The lowest BCUT2D eigenvalue weighted by Gasteiger charge is -2.04. The second-order valence-corrected chi connectivity index (χ2v) is 3.11. The molecule has 7 heteroatoms. The van der Waals surface area contributed by atoms with E-state index in [-0.39, 0.29) is 9.98 Å². The molecule has 0 aliphatic heterocycles. The summed E-state index contributed by atoms with van der Waals surface area (Å²) in [6, 6.07) is 4.87. The highest BCUT2D eigenvalue weighted by atomic mass is 32.1. The minimum absolute atomic E-state index is 0.0904. The molecule has 0 bridgehead atoms. The first-order valence-electron chi connectivity index (χ1n) is 3.55. The van der Waals surface area contributed by atoms with Gasteiger partial charge in [0.05, 0.1) is 0 Å². The Bertz CT molecular complexity index is 338. The molecule has 74 valence electrons. The van der Waals surface area contributed by atoms with Crippen molar-refractivity contribution in [2.45, 2.75) is 0 Å². The second-order valence-electron chi connectivity index (χ2n) is 2.29. The van der Waals surface area contributed by atoms with Gasteiger partial charge in [-0.25, -0.2) is 4.98 Å². The van der Waals surface area contributed by atoms with Crippen LogP contribution < -0.4 is 11.0 Å². The molecule has 1 heterocycles. The van der Waals surface area contributed by atoms with Crippen LogP contribution >= 0.6 is 24.4 Å². The lowest BCUT2D eigenvalue weighted by atomic mass is 10.3. The van der Waals surface area contributed by atoms with Crippen LogP contribution in [0.15, 0.2) is 18.2 Å². The maximum absolute atomic E-state index is 8.55. The summed E-state index contributed by atoms with van der Waals surface area (Å²) in [5, 5.41) is 17.1. The van der Waals surface area contributed by atoms with E-state index < -0.39 is 0 Å². The molecule has 1 aromatic heterocycles. The Hall–Kier alpha value is -1.15. The summed E-state index contributed by atoms with van der Waals surface area (Å²) < 4.78 is 0. The first kappa shape index (κ1) is 10.9. The Kier molecular flexibility index (Phi) is 3.84. The zero-order valence-electron chi connectivity index (χ0n) is 6.89. The van der Waals surface area contributed by atoms with Gasteiger partial charge in [-0.2, -0.15) is 0 Å². The van der Waals surface area contributed by atoms with Gasteiger partial charge >= 0.3 is 0 Å². The van der Waals surface area contributed by atoms with Gasteiger partial charge in [0.2, 0.25) is 0 Å². The number of aromatic nitrogens is 1. The number of nitrogens with one attached hydrogen (secondary N) is 2. The summed E-state index contributed by atoms with van der Waals surface area (Å²) in [5.41, 5.74) is 4.36. The van der Waals surface area contributed by atoms with Crippen molar-refractivity contribution in [3.8, 4) is 0 Å². The van der Waals surface area contributed by atoms with E-state index in [2.05, 4.69) is 4.98 Å². The van der Waals surface area contributed by atoms with Gasteiger partial charge in [0.25, 0.3) is 0 Å². The van der Waals surface area contributed by atoms with Crippen LogP contribution in [0.4, 0.5) is 0 Å². The predicted molar refractivity (Wildman–Crippen MR) is 57.5 cm³/mol.